The summed E-state index contributed by atoms with van der Waals surface area (Å²) in [5.74, 6) is 0.711. The van der Waals surface area contributed by atoms with E-state index in [4.69, 9.17) is 27.5 Å². The van der Waals surface area contributed by atoms with Crippen LogP contribution < -0.4 is 9.30 Å². The van der Waals surface area contributed by atoms with E-state index in [9.17, 15) is 0 Å². The molecule has 3 heterocycles. The summed E-state index contributed by atoms with van der Waals surface area (Å²) in [7, 11) is 0. The van der Waals surface area contributed by atoms with Gasteiger partial charge in [0.1, 0.15) is 5.82 Å². The number of benzene rings is 9. The van der Waals surface area contributed by atoms with Crippen molar-refractivity contribution in [2.24, 2.45) is 0 Å². The van der Waals surface area contributed by atoms with Crippen LogP contribution in [0.3, 0.4) is 0 Å². The Bertz CT molecular complexity index is 4940. The minimum atomic E-state index is -2.81. The van der Waals surface area contributed by atoms with Crippen LogP contribution in [-0.2, 0) is 42.7 Å². The molecule has 0 radical (unpaired) electrons. The number of aromatic nitrogens is 4. The van der Waals surface area contributed by atoms with Gasteiger partial charge >= 0.3 is 0 Å². The van der Waals surface area contributed by atoms with Gasteiger partial charge < -0.3 is 13.9 Å². The summed E-state index contributed by atoms with van der Waals surface area (Å²) in [5, 5.41) is 1.54. The molecule has 0 unspecified atom stereocenters. The third kappa shape index (κ3) is 11.1. The fourth-order valence-electron chi connectivity index (χ4n) is 10.6. The molecule has 0 aliphatic heterocycles. The van der Waals surface area contributed by atoms with Crippen LogP contribution in [0.4, 0.5) is 0 Å². The molecule has 3 aromatic heterocycles. The van der Waals surface area contributed by atoms with Gasteiger partial charge in [0.15, 0.2) is 0 Å². The van der Waals surface area contributed by atoms with Gasteiger partial charge in [-0.2, -0.15) is 18.2 Å². The zero-order chi connectivity index (χ0) is 68.7. The number of fused-ring (bicyclic) bond motifs is 4. The number of hydrogen-bond acceptors (Lipinski definition) is 2. The van der Waals surface area contributed by atoms with Crippen LogP contribution >= 0.6 is 0 Å². The van der Waals surface area contributed by atoms with E-state index in [0.29, 0.717) is 33.3 Å². The van der Waals surface area contributed by atoms with Crippen LogP contribution in [0.25, 0.3) is 94.5 Å². The number of ether oxygens (including phenoxy) is 1. The molecule has 0 fully saturated rings. The van der Waals surface area contributed by atoms with E-state index in [-0.39, 0.29) is 94.4 Å². The molecule has 0 aliphatic rings. The average Bonchev–Trinajstić information content (AvgIpc) is 1.48. The van der Waals surface area contributed by atoms with Crippen molar-refractivity contribution < 1.29 is 48.2 Å². The summed E-state index contributed by atoms with van der Waals surface area (Å²) in [4.78, 5) is 4.74. The van der Waals surface area contributed by atoms with Crippen molar-refractivity contribution in [2.45, 2.75) is 112 Å². The first-order valence-electron chi connectivity index (χ1n) is 34.2. The summed E-state index contributed by atoms with van der Waals surface area (Å²) >= 11 is 0. The fourth-order valence-corrected chi connectivity index (χ4v) is 10.6. The van der Waals surface area contributed by atoms with Gasteiger partial charge in [-0.25, -0.2) is 4.98 Å². The third-order valence-electron chi connectivity index (χ3n) is 15.3. The quantitative estimate of drug-likeness (QED) is 0.107. The first-order valence-corrected chi connectivity index (χ1v) is 27.7. The number of aryl methyl sites for hydroxylation is 1. The molecule has 0 spiro atoms. The molecule has 418 valence electrons. The van der Waals surface area contributed by atoms with Crippen molar-refractivity contribution in [1.82, 2.24) is 14.1 Å². The van der Waals surface area contributed by atoms with E-state index < -0.39 is 55.2 Å². The van der Waals surface area contributed by atoms with E-state index in [1.165, 1.54) is 34.5 Å². The van der Waals surface area contributed by atoms with Crippen LogP contribution in [0.15, 0.2) is 200 Å². The molecule has 0 atom stereocenters. The number of imidazole rings is 1. The van der Waals surface area contributed by atoms with Crippen molar-refractivity contribution in [2.75, 3.05) is 0 Å². The van der Waals surface area contributed by atoms with Crippen LogP contribution in [-0.4, -0.2) is 14.1 Å². The zero-order valence-electron chi connectivity index (χ0n) is 61.8. The van der Waals surface area contributed by atoms with Crippen molar-refractivity contribution in [3.05, 3.63) is 246 Å². The van der Waals surface area contributed by atoms with E-state index in [0.717, 1.165) is 38.7 Å². The number of nitrogens with zero attached hydrogens (tertiary/aromatic N) is 4. The summed E-state index contributed by atoms with van der Waals surface area (Å²) in [6.07, 6.45) is 5.05. The maximum absolute atomic E-state index is 9.14. The first kappa shape index (κ1) is 42.7. The Morgan fingerprint density at radius 3 is 1.65 bits per heavy atom. The Balaban J connectivity index is 0.00000936. The molecule has 0 saturated carbocycles. The predicted octanol–water partition coefficient (Wildman–Crippen LogP) is 19.8. The number of hydrogen-bond donors (Lipinski definition) is 0. The molecule has 6 heteroatoms. The standard InChI is InChI=1S/C77H72N4O.Pt/c1-50-38-72(78-48-67(50)52-26-18-15-19-27-52)81-68-33-21-20-30-65(68)66-36-35-62(47-70(66)81)82-61-29-22-28-60(46-61)79-49-80(69-37-34-53(43-71(69)79)51-24-16-14-17-25-51)73-63(54-39-56(74(2,3)4)44-57(40-54)75(5,6)7)31-23-32-64(73)55-41-58(76(8,9)10)45-59(42-55)77(11,12)13;/h14-45,48H,1-13H3;/q-2;/i1D3,14D,15D,16D,17D,18D,19D,24D,25D,26D,27D;. The van der Waals surface area contributed by atoms with Gasteiger partial charge in [0.25, 0.3) is 6.33 Å². The SMILES string of the molecule is [2H]c1c([2H])c([2H])c(-c2ccc3c(c2)n(-c2[c-]c(Oc4[c-]c5c(cc4)c4ccccc4n5-c4cc(C([2H])([2H])[2H])c(-c5c([2H])c([2H])c([2H])c([2H])c5[2H])cn4)ccc2)[c-][n+]3-c2c(-c3cc(C(C)(C)C)cc(C(C)(C)C)c3)cccc2-c2cc(C(C)(C)C)cc(C(C)(C)C)c2)c([2H])c1[2H].[Pt]. The number of para-hydroxylation sites is 2. The van der Waals surface area contributed by atoms with Crippen LogP contribution in [0.5, 0.6) is 11.5 Å². The second kappa shape index (κ2) is 21.6. The molecule has 12 aromatic rings. The Labute approximate surface area is 523 Å². The van der Waals surface area contributed by atoms with Crippen LogP contribution in [0, 0.1) is 25.3 Å². The maximum Gasteiger partial charge on any atom is 0.268 e. The topological polar surface area (TPSA) is 35.9 Å². The maximum atomic E-state index is 9.14. The number of pyridine rings is 1. The van der Waals surface area contributed by atoms with Crippen LogP contribution in [0.1, 0.15) is 129 Å². The summed E-state index contributed by atoms with van der Waals surface area (Å²) in [6.45, 7) is 23.9. The Morgan fingerprint density at radius 1 is 0.494 bits per heavy atom. The van der Waals surface area contributed by atoms with Gasteiger partial charge in [-0.05, 0) is 125 Å². The van der Waals surface area contributed by atoms with E-state index in [1.54, 1.807) is 22.8 Å². The number of rotatable bonds is 9. The van der Waals surface area contributed by atoms with E-state index >= 15 is 0 Å². The smallest absolute Gasteiger partial charge is 0.268 e. The second-order valence-electron chi connectivity index (χ2n) is 25.3. The summed E-state index contributed by atoms with van der Waals surface area (Å²) in [5.41, 5.74) is 11.2. The van der Waals surface area contributed by atoms with Crippen molar-refractivity contribution >= 4 is 32.8 Å². The monoisotopic (exact) mass is 1280 g/mol. The molecule has 0 aliphatic carbocycles. The fraction of sp³-hybridized carbons (Fsp3) is 0.221. The largest absolute Gasteiger partial charge is 0.510 e. The van der Waals surface area contributed by atoms with Gasteiger partial charge in [-0.3, -0.25) is 4.57 Å². The Hall–Kier alpha value is -8.11. The molecule has 0 bridgehead atoms. The first-order chi connectivity index (χ1) is 44.4. The van der Waals surface area contributed by atoms with E-state index in [2.05, 4.69) is 161 Å². The third-order valence-corrected chi connectivity index (χ3v) is 15.3. The predicted molar refractivity (Wildman–Crippen MR) is 341 cm³/mol. The molecule has 0 amide bonds. The molecule has 5 nitrogen and oxygen atoms in total. The minimum Gasteiger partial charge on any atom is -0.510 e. The van der Waals surface area contributed by atoms with E-state index in [1.807, 2.05) is 59.2 Å². The molecular formula is C77H72N4OPt-2. The van der Waals surface area contributed by atoms with Gasteiger partial charge in [-0.1, -0.05) is 234 Å². The van der Waals surface area contributed by atoms with Gasteiger partial charge in [0.2, 0.25) is 0 Å². The second-order valence-corrected chi connectivity index (χ2v) is 25.3. The van der Waals surface area contributed by atoms with Crippen molar-refractivity contribution in [3.8, 4) is 73.2 Å². The normalized spacial score (nSPS) is 14.7. The van der Waals surface area contributed by atoms with Gasteiger partial charge in [-0.15, -0.1) is 29.7 Å². The van der Waals surface area contributed by atoms with Crippen molar-refractivity contribution in [3.63, 3.8) is 0 Å². The Kier molecular flexibility index (Phi) is 11.1. The zero-order valence-corrected chi connectivity index (χ0v) is 51.1. The molecule has 12 rings (SSSR count). The molecule has 9 aromatic carbocycles. The van der Waals surface area contributed by atoms with Gasteiger partial charge in [0.05, 0.1) is 30.4 Å². The Morgan fingerprint density at radius 2 is 1.06 bits per heavy atom. The summed E-state index contributed by atoms with van der Waals surface area (Å²) < 4.78 is 125. The average molecular weight is 1280 g/mol. The van der Waals surface area contributed by atoms with Crippen molar-refractivity contribution in [1.29, 1.82) is 0 Å². The summed E-state index contributed by atoms with van der Waals surface area (Å²) in [6, 6.07) is 45.7. The molecule has 0 N–H and O–H groups in total. The molecule has 0 saturated heterocycles. The van der Waals surface area contributed by atoms with Crippen LogP contribution in [0.2, 0.25) is 0 Å². The molecule has 83 heavy (non-hydrogen) atoms. The molecular weight excluding hydrogens is 1190 g/mol. The van der Waals surface area contributed by atoms with Gasteiger partial charge in [0, 0.05) is 54.0 Å². The minimum absolute atomic E-state index is 0.